The Hall–Kier alpha value is -3.66. The number of rotatable bonds is 4. The summed E-state index contributed by atoms with van der Waals surface area (Å²) in [5, 5.41) is 16.3. The average molecular weight is 331 g/mol. The van der Waals surface area contributed by atoms with Gasteiger partial charge in [0.15, 0.2) is 11.7 Å². The molecule has 0 saturated heterocycles. The van der Waals surface area contributed by atoms with Gasteiger partial charge in [-0.25, -0.2) is 4.98 Å². The summed E-state index contributed by atoms with van der Waals surface area (Å²) in [5.74, 6) is 0.178. The van der Waals surface area contributed by atoms with E-state index < -0.39 is 11.7 Å². The summed E-state index contributed by atoms with van der Waals surface area (Å²) < 4.78 is 5.51. The first-order valence-corrected chi connectivity index (χ1v) is 7.66. The van der Waals surface area contributed by atoms with Crippen LogP contribution in [0.4, 0.5) is 0 Å². The molecule has 25 heavy (non-hydrogen) atoms. The van der Waals surface area contributed by atoms with E-state index in [4.69, 9.17) is 4.42 Å². The number of fused-ring (bicyclic) bond motifs is 1. The Labute approximate surface area is 142 Å². The smallest absolute Gasteiger partial charge is 0.207 e. The van der Waals surface area contributed by atoms with E-state index in [2.05, 4.69) is 20.2 Å². The second kappa shape index (κ2) is 5.76. The number of nitriles is 1. The zero-order valence-electron chi connectivity index (χ0n) is 13.3. The van der Waals surface area contributed by atoms with Crippen LogP contribution in [0.25, 0.3) is 22.5 Å². The number of carbonyl (C=O) groups excluding carboxylic acids is 1. The van der Waals surface area contributed by atoms with Crippen molar-refractivity contribution in [2.45, 2.75) is 12.8 Å². The SMILES string of the molecule is Cc1ccc(-c2cc(C(=O)C(C#N)c3nc4ccccc4[nH]3)n[nH]2)o1. The number of hydrogen-bond donors (Lipinski definition) is 2. The summed E-state index contributed by atoms with van der Waals surface area (Å²) in [6.07, 6.45) is 0. The maximum atomic E-state index is 12.7. The van der Waals surface area contributed by atoms with Crippen LogP contribution in [0.15, 0.2) is 46.9 Å². The molecule has 122 valence electrons. The standard InChI is InChI=1S/C18H13N5O2/c1-10-6-7-16(25-10)14-8-15(23-22-14)17(24)11(9-19)18-20-12-4-2-3-5-13(12)21-18/h2-8,11H,1H3,(H,20,21)(H,22,23). The quantitative estimate of drug-likeness (QED) is 0.557. The Morgan fingerprint density at radius 2 is 2.12 bits per heavy atom. The van der Waals surface area contributed by atoms with Crippen LogP contribution in [0.3, 0.4) is 0 Å². The number of benzene rings is 1. The van der Waals surface area contributed by atoms with E-state index in [0.29, 0.717) is 22.8 Å². The molecule has 0 saturated carbocycles. The highest BCUT2D eigenvalue weighted by Crippen LogP contribution is 2.24. The van der Waals surface area contributed by atoms with Crippen LogP contribution < -0.4 is 0 Å². The molecule has 0 spiro atoms. The fourth-order valence-electron chi connectivity index (χ4n) is 2.65. The van der Waals surface area contributed by atoms with Gasteiger partial charge < -0.3 is 9.40 Å². The van der Waals surface area contributed by atoms with E-state index in [1.165, 1.54) is 0 Å². The van der Waals surface area contributed by atoms with Gasteiger partial charge in [-0.3, -0.25) is 9.89 Å². The van der Waals surface area contributed by atoms with E-state index in [0.717, 1.165) is 11.3 Å². The van der Waals surface area contributed by atoms with E-state index >= 15 is 0 Å². The van der Waals surface area contributed by atoms with Crippen molar-refractivity contribution in [3.8, 4) is 17.5 Å². The Kier molecular flexibility index (Phi) is 3.43. The van der Waals surface area contributed by atoms with Gasteiger partial charge in [-0.15, -0.1) is 0 Å². The van der Waals surface area contributed by atoms with Gasteiger partial charge in [0, 0.05) is 0 Å². The predicted octanol–water partition coefficient (Wildman–Crippen LogP) is 3.34. The number of ketones is 1. The van der Waals surface area contributed by atoms with Crippen molar-refractivity contribution in [1.82, 2.24) is 20.2 Å². The topological polar surface area (TPSA) is 111 Å². The largest absolute Gasteiger partial charge is 0.460 e. The van der Waals surface area contributed by atoms with Crippen molar-refractivity contribution in [1.29, 1.82) is 5.26 Å². The molecule has 3 aromatic heterocycles. The monoisotopic (exact) mass is 331 g/mol. The lowest BCUT2D eigenvalue weighted by molar-refractivity contribution is 0.0971. The number of imidazole rings is 1. The minimum absolute atomic E-state index is 0.163. The molecule has 4 rings (SSSR count). The van der Waals surface area contributed by atoms with Crippen LogP contribution in [0.1, 0.15) is 28.0 Å². The molecule has 0 bridgehead atoms. The van der Waals surface area contributed by atoms with Gasteiger partial charge in [0.05, 0.1) is 17.1 Å². The highest BCUT2D eigenvalue weighted by molar-refractivity contribution is 6.01. The zero-order valence-corrected chi connectivity index (χ0v) is 13.3. The Bertz CT molecular complexity index is 1080. The van der Waals surface area contributed by atoms with Gasteiger partial charge in [-0.05, 0) is 37.3 Å². The lowest BCUT2D eigenvalue weighted by Gasteiger charge is -2.01. The number of furan rings is 1. The molecule has 0 aliphatic carbocycles. The summed E-state index contributed by atoms with van der Waals surface area (Å²) in [6, 6.07) is 14.6. The maximum Gasteiger partial charge on any atom is 0.207 e. The number of aryl methyl sites for hydroxylation is 1. The normalized spacial score (nSPS) is 12.2. The number of carbonyl (C=O) groups is 1. The molecule has 0 radical (unpaired) electrons. The maximum absolute atomic E-state index is 12.7. The summed E-state index contributed by atoms with van der Waals surface area (Å²) in [5.41, 5.74) is 2.23. The van der Waals surface area contributed by atoms with Crippen molar-refractivity contribution >= 4 is 16.8 Å². The molecule has 7 nitrogen and oxygen atoms in total. The summed E-state index contributed by atoms with van der Waals surface area (Å²) in [7, 11) is 0. The predicted molar refractivity (Wildman–Crippen MR) is 89.8 cm³/mol. The van der Waals surface area contributed by atoms with E-state index in [1.807, 2.05) is 43.3 Å². The van der Waals surface area contributed by atoms with Gasteiger partial charge in [0.25, 0.3) is 0 Å². The minimum Gasteiger partial charge on any atom is -0.460 e. The van der Waals surface area contributed by atoms with Gasteiger partial charge >= 0.3 is 0 Å². The fraction of sp³-hybridized carbons (Fsp3) is 0.111. The van der Waals surface area contributed by atoms with Crippen LogP contribution in [0.2, 0.25) is 0 Å². The lowest BCUT2D eigenvalue weighted by atomic mass is 10.0. The molecule has 4 aromatic rings. The minimum atomic E-state index is -1.05. The summed E-state index contributed by atoms with van der Waals surface area (Å²) in [4.78, 5) is 20.1. The highest BCUT2D eigenvalue weighted by Gasteiger charge is 2.27. The van der Waals surface area contributed by atoms with Gasteiger partial charge in [0.1, 0.15) is 23.0 Å². The molecule has 1 atom stereocenters. The lowest BCUT2D eigenvalue weighted by Crippen LogP contribution is -2.13. The van der Waals surface area contributed by atoms with Crippen LogP contribution in [0.5, 0.6) is 0 Å². The van der Waals surface area contributed by atoms with Crippen molar-refractivity contribution in [2.24, 2.45) is 0 Å². The molecule has 0 fully saturated rings. The van der Waals surface area contributed by atoms with Gasteiger partial charge in [-0.2, -0.15) is 10.4 Å². The van der Waals surface area contributed by atoms with Crippen LogP contribution >= 0.6 is 0 Å². The van der Waals surface area contributed by atoms with Crippen molar-refractivity contribution in [2.75, 3.05) is 0 Å². The van der Waals surface area contributed by atoms with Crippen molar-refractivity contribution in [3.05, 3.63) is 59.7 Å². The summed E-state index contributed by atoms with van der Waals surface area (Å²) >= 11 is 0. The Morgan fingerprint density at radius 1 is 1.28 bits per heavy atom. The van der Waals surface area contributed by atoms with Gasteiger partial charge in [-0.1, -0.05) is 12.1 Å². The molecule has 1 aromatic carbocycles. The first-order chi connectivity index (χ1) is 12.2. The van der Waals surface area contributed by atoms with E-state index in [1.54, 1.807) is 12.1 Å². The molecule has 7 heteroatoms. The number of Topliss-reactive ketones (excluding diaryl/α,β-unsaturated/α-hetero) is 1. The molecule has 0 aliphatic rings. The molecule has 0 amide bonds. The second-order valence-corrected chi connectivity index (χ2v) is 5.64. The average Bonchev–Trinajstić information content (AvgIpc) is 3.33. The third kappa shape index (κ3) is 2.60. The molecule has 3 heterocycles. The number of para-hydroxylation sites is 2. The Morgan fingerprint density at radius 3 is 2.84 bits per heavy atom. The number of H-pyrrole nitrogens is 2. The molecule has 0 aliphatic heterocycles. The Balaban J connectivity index is 1.66. The zero-order chi connectivity index (χ0) is 17.4. The number of nitrogens with zero attached hydrogens (tertiary/aromatic N) is 3. The number of aromatic nitrogens is 4. The van der Waals surface area contributed by atoms with Crippen LogP contribution in [0, 0.1) is 18.3 Å². The van der Waals surface area contributed by atoms with Crippen LogP contribution in [-0.4, -0.2) is 25.9 Å². The van der Waals surface area contributed by atoms with Crippen LogP contribution in [-0.2, 0) is 0 Å². The number of hydrogen-bond acceptors (Lipinski definition) is 5. The fourth-order valence-corrected chi connectivity index (χ4v) is 2.65. The third-order valence-corrected chi connectivity index (χ3v) is 3.91. The summed E-state index contributed by atoms with van der Waals surface area (Å²) in [6.45, 7) is 1.83. The van der Waals surface area contributed by atoms with Gasteiger partial charge in [0.2, 0.25) is 5.78 Å². The molecular weight excluding hydrogens is 318 g/mol. The molecule has 2 N–H and O–H groups in total. The van der Waals surface area contributed by atoms with E-state index in [9.17, 15) is 10.1 Å². The van der Waals surface area contributed by atoms with Crippen molar-refractivity contribution in [3.63, 3.8) is 0 Å². The number of nitrogens with one attached hydrogen (secondary N) is 2. The highest BCUT2D eigenvalue weighted by atomic mass is 16.3. The first kappa shape index (κ1) is 14.9. The van der Waals surface area contributed by atoms with E-state index in [-0.39, 0.29) is 5.69 Å². The number of aromatic amines is 2. The van der Waals surface area contributed by atoms with Crippen molar-refractivity contribution < 1.29 is 9.21 Å². The molecule has 1 unspecified atom stereocenters. The molecular formula is C18H13N5O2. The third-order valence-electron chi connectivity index (χ3n) is 3.91. The first-order valence-electron chi connectivity index (χ1n) is 7.66. The second-order valence-electron chi connectivity index (χ2n) is 5.64.